The van der Waals surface area contributed by atoms with Crippen molar-refractivity contribution in [2.24, 2.45) is 0 Å². The molecule has 0 saturated heterocycles. The fourth-order valence-electron chi connectivity index (χ4n) is 2.56. The molecule has 0 heterocycles. The molecule has 0 fully saturated rings. The Morgan fingerprint density at radius 1 is 1.15 bits per heavy atom. The van der Waals surface area contributed by atoms with Crippen LogP contribution in [0.25, 0.3) is 0 Å². The molecule has 0 saturated carbocycles. The van der Waals surface area contributed by atoms with Gasteiger partial charge in [-0.15, -0.1) is 0 Å². The van der Waals surface area contributed by atoms with E-state index in [2.05, 4.69) is 24.1 Å². The van der Waals surface area contributed by atoms with Crippen LogP contribution in [-0.2, 0) is 0 Å². The van der Waals surface area contributed by atoms with Gasteiger partial charge in [0.2, 0.25) is 0 Å². The molecular weight excluding hydrogens is 371 g/mol. The highest BCUT2D eigenvalue weighted by Crippen LogP contribution is 2.30. The lowest BCUT2D eigenvalue weighted by Gasteiger charge is -2.19. The van der Waals surface area contributed by atoms with Gasteiger partial charge in [-0.05, 0) is 43.4 Å². The molecule has 0 atom stereocenters. The zero-order valence-corrected chi connectivity index (χ0v) is 16.5. The van der Waals surface area contributed by atoms with Gasteiger partial charge in [-0.25, -0.2) is 4.39 Å². The van der Waals surface area contributed by atoms with Gasteiger partial charge < -0.3 is 19.7 Å². The predicted octanol–water partition coefficient (Wildman–Crippen LogP) is 4.46. The SMILES string of the molecule is CCN(CC)CCOc1cc(NC(=O)c2ccc(F)cc2Cl)ccc1OC. The van der Waals surface area contributed by atoms with Crippen LogP contribution in [0.3, 0.4) is 0 Å². The van der Waals surface area contributed by atoms with Crippen LogP contribution in [-0.4, -0.2) is 44.2 Å². The Hall–Kier alpha value is -2.31. The van der Waals surface area contributed by atoms with Crippen LogP contribution in [0.15, 0.2) is 36.4 Å². The summed E-state index contributed by atoms with van der Waals surface area (Å²) < 4.78 is 24.3. The maximum atomic E-state index is 13.2. The number of likely N-dealkylation sites (N-methyl/N-ethyl adjacent to an activating group) is 1. The Balaban J connectivity index is 2.10. The maximum absolute atomic E-state index is 13.2. The summed E-state index contributed by atoms with van der Waals surface area (Å²) in [5.41, 5.74) is 0.719. The van der Waals surface area contributed by atoms with Crippen LogP contribution in [0.4, 0.5) is 10.1 Å². The summed E-state index contributed by atoms with van der Waals surface area (Å²) in [4.78, 5) is 14.6. The van der Waals surface area contributed by atoms with Crippen molar-refractivity contribution in [1.29, 1.82) is 0 Å². The molecule has 2 aromatic carbocycles. The Kier molecular flexibility index (Phi) is 7.88. The van der Waals surface area contributed by atoms with Crippen molar-refractivity contribution in [3.63, 3.8) is 0 Å². The molecule has 7 heteroatoms. The maximum Gasteiger partial charge on any atom is 0.257 e. The lowest BCUT2D eigenvalue weighted by Crippen LogP contribution is -2.28. The lowest BCUT2D eigenvalue weighted by atomic mass is 10.2. The van der Waals surface area contributed by atoms with Gasteiger partial charge in [0.25, 0.3) is 5.91 Å². The molecule has 0 spiro atoms. The summed E-state index contributed by atoms with van der Waals surface area (Å²) in [5, 5.41) is 2.79. The monoisotopic (exact) mass is 394 g/mol. The molecule has 0 aliphatic heterocycles. The van der Waals surface area contributed by atoms with Crippen LogP contribution >= 0.6 is 11.6 Å². The first-order valence-electron chi connectivity index (χ1n) is 8.78. The second-order valence-electron chi connectivity index (χ2n) is 5.82. The van der Waals surface area contributed by atoms with Gasteiger partial charge in [-0.1, -0.05) is 25.4 Å². The molecule has 0 radical (unpaired) electrons. The summed E-state index contributed by atoms with van der Waals surface area (Å²) in [6.07, 6.45) is 0. The van der Waals surface area contributed by atoms with Crippen LogP contribution in [0.5, 0.6) is 11.5 Å². The minimum atomic E-state index is -0.495. The van der Waals surface area contributed by atoms with Gasteiger partial charge in [0.15, 0.2) is 11.5 Å². The number of nitrogens with zero attached hydrogens (tertiary/aromatic N) is 1. The van der Waals surface area contributed by atoms with E-state index in [4.69, 9.17) is 21.1 Å². The molecule has 0 aromatic heterocycles. The van der Waals surface area contributed by atoms with Gasteiger partial charge in [0.1, 0.15) is 12.4 Å². The van der Waals surface area contributed by atoms with E-state index in [0.29, 0.717) is 23.8 Å². The summed E-state index contributed by atoms with van der Waals surface area (Å²) >= 11 is 5.94. The first-order valence-corrected chi connectivity index (χ1v) is 9.15. The number of ether oxygens (including phenoxy) is 2. The number of carbonyl (C=O) groups is 1. The average molecular weight is 395 g/mol. The molecule has 0 bridgehead atoms. The lowest BCUT2D eigenvalue weighted by molar-refractivity contribution is 0.102. The number of anilines is 1. The molecule has 146 valence electrons. The minimum absolute atomic E-state index is 0.0525. The second-order valence-corrected chi connectivity index (χ2v) is 6.23. The quantitative estimate of drug-likeness (QED) is 0.682. The zero-order chi connectivity index (χ0) is 19.8. The smallest absolute Gasteiger partial charge is 0.257 e. The van der Waals surface area contributed by atoms with E-state index in [9.17, 15) is 9.18 Å². The van der Waals surface area contributed by atoms with Crippen LogP contribution in [0.2, 0.25) is 5.02 Å². The Labute approximate surface area is 164 Å². The predicted molar refractivity (Wildman–Crippen MR) is 106 cm³/mol. The van der Waals surface area contributed by atoms with Crippen molar-refractivity contribution in [2.45, 2.75) is 13.8 Å². The number of nitrogens with one attached hydrogen (secondary N) is 1. The molecule has 1 amide bonds. The summed E-state index contributed by atoms with van der Waals surface area (Å²) in [5.74, 6) is 0.184. The number of methoxy groups -OCH3 is 1. The first-order chi connectivity index (χ1) is 13.0. The summed E-state index contributed by atoms with van der Waals surface area (Å²) in [6.45, 7) is 7.38. The van der Waals surface area contributed by atoms with E-state index in [1.54, 1.807) is 25.3 Å². The largest absolute Gasteiger partial charge is 0.493 e. The Morgan fingerprint density at radius 3 is 2.52 bits per heavy atom. The van der Waals surface area contributed by atoms with E-state index < -0.39 is 11.7 Å². The fourth-order valence-corrected chi connectivity index (χ4v) is 2.82. The van der Waals surface area contributed by atoms with Crippen molar-refractivity contribution < 1.29 is 18.7 Å². The molecular formula is C20H24ClFN2O3. The van der Waals surface area contributed by atoms with Gasteiger partial charge in [-0.3, -0.25) is 4.79 Å². The number of hydrogen-bond donors (Lipinski definition) is 1. The number of halogens is 2. The highest BCUT2D eigenvalue weighted by Gasteiger charge is 2.13. The Morgan fingerprint density at radius 2 is 1.89 bits per heavy atom. The Bertz CT molecular complexity index is 782. The van der Waals surface area contributed by atoms with Gasteiger partial charge in [0, 0.05) is 18.3 Å². The molecule has 2 rings (SSSR count). The van der Waals surface area contributed by atoms with E-state index >= 15 is 0 Å². The third-order valence-electron chi connectivity index (χ3n) is 4.16. The number of benzene rings is 2. The van der Waals surface area contributed by atoms with Crippen LogP contribution in [0.1, 0.15) is 24.2 Å². The number of hydrogen-bond acceptors (Lipinski definition) is 4. The molecule has 2 aromatic rings. The summed E-state index contributed by atoms with van der Waals surface area (Å²) in [6, 6.07) is 8.75. The zero-order valence-electron chi connectivity index (χ0n) is 15.7. The van der Waals surface area contributed by atoms with Gasteiger partial charge in [-0.2, -0.15) is 0 Å². The standard InChI is InChI=1S/C20H24ClFN2O3/c1-4-24(5-2)10-11-27-19-13-15(7-9-18(19)26-3)23-20(25)16-8-6-14(22)12-17(16)21/h6-9,12-13H,4-5,10-11H2,1-3H3,(H,23,25). The van der Waals surface area contributed by atoms with Crippen molar-refractivity contribution in [1.82, 2.24) is 4.90 Å². The second kappa shape index (κ2) is 10.1. The molecule has 0 aliphatic rings. The van der Waals surface area contributed by atoms with Gasteiger partial charge in [0.05, 0.1) is 17.7 Å². The highest BCUT2D eigenvalue weighted by atomic mass is 35.5. The average Bonchev–Trinajstić information content (AvgIpc) is 2.65. The van der Waals surface area contributed by atoms with Crippen LogP contribution < -0.4 is 14.8 Å². The summed E-state index contributed by atoms with van der Waals surface area (Å²) in [7, 11) is 1.56. The molecule has 1 N–H and O–H groups in total. The molecule has 5 nitrogen and oxygen atoms in total. The van der Waals surface area contributed by atoms with E-state index in [1.807, 2.05) is 0 Å². The number of rotatable bonds is 9. The highest BCUT2D eigenvalue weighted by molar-refractivity contribution is 6.34. The normalized spacial score (nSPS) is 10.7. The van der Waals surface area contributed by atoms with Crippen molar-refractivity contribution >= 4 is 23.2 Å². The van der Waals surface area contributed by atoms with E-state index in [-0.39, 0.29) is 10.6 Å². The van der Waals surface area contributed by atoms with Crippen molar-refractivity contribution in [3.8, 4) is 11.5 Å². The van der Waals surface area contributed by atoms with Crippen molar-refractivity contribution in [2.75, 3.05) is 38.7 Å². The van der Waals surface area contributed by atoms with Crippen LogP contribution in [0, 0.1) is 5.82 Å². The molecule has 0 aliphatic carbocycles. The van der Waals surface area contributed by atoms with Crippen molar-refractivity contribution in [3.05, 3.63) is 52.8 Å². The minimum Gasteiger partial charge on any atom is -0.493 e. The van der Waals surface area contributed by atoms with E-state index in [1.165, 1.54) is 12.1 Å². The van der Waals surface area contributed by atoms with E-state index in [0.717, 1.165) is 25.7 Å². The number of amides is 1. The third-order valence-corrected chi connectivity index (χ3v) is 4.47. The molecule has 27 heavy (non-hydrogen) atoms. The molecule has 0 unspecified atom stereocenters. The first kappa shape index (κ1) is 21.0. The third kappa shape index (κ3) is 5.84. The van der Waals surface area contributed by atoms with Gasteiger partial charge >= 0.3 is 0 Å². The number of carbonyl (C=O) groups excluding carboxylic acids is 1. The fraction of sp³-hybridized carbons (Fsp3) is 0.350. The topological polar surface area (TPSA) is 50.8 Å².